The van der Waals surface area contributed by atoms with Crippen molar-refractivity contribution < 1.29 is 0 Å². The summed E-state index contributed by atoms with van der Waals surface area (Å²) in [4.78, 5) is 0. The third-order valence-corrected chi connectivity index (χ3v) is 2.67. The molecule has 0 aliphatic heterocycles. The van der Waals surface area contributed by atoms with Gasteiger partial charge in [-0.25, -0.2) is 0 Å². The second-order valence-corrected chi connectivity index (χ2v) is 4.09. The summed E-state index contributed by atoms with van der Waals surface area (Å²) in [6.07, 6.45) is 5.36. The summed E-state index contributed by atoms with van der Waals surface area (Å²) in [6, 6.07) is 0.791. The average Bonchev–Trinajstić information content (AvgIpc) is 2.36. The van der Waals surface area contributed by atoms with Gasteiger partial charge in [0.15, 0.2) is 0 Å². The summed E-state index contributed by atoms with van der Waals surface area (Å²) in [5.74, 6) is 0.909. The third kappa shape index (κ3) is 2.98. The molecule has 0 heterocycles. The quantitative estimate of drug-likeness (QED) is 0.635. The van der Waals surface area contributed by atoms with Gasteiger partial charge < -0.3 is 5.32 Å². The van der Waals surface area contributed by atoms with Crippen molar-refractivity contribution in [3.63, 3.8) is 0 Å². The van der Waals surface area contributed by atoms with Crippen LogP contribution in [0.2, 0.25) is 0 Å². The second kappa shape index (κ2) is 4.66. The van der Waals surface area contributed by atoms with E-state index in [9.17, 15) is 0 Å². The molecule has 1 heteroatoms. The first-order valence-corrected chi connectivity index (χ1v) is 5.10. The van der Waals surface area contributed by atoms with Crippen molar-refractivity contribution >= 4 is 0 Å². The number of nitrogens with one attached hydrogen (secondary N) is 1. The molecule has 1 N–H and O–H groups in total. The van der Waals surface area contributed by atoms with Gasteiger partial charge in [0.05, 0.1) is 0 Å². The Hall–Kier alpha value is -0.300. The smallest absolute Gasteiger partial charge is 0.00698 e. The maximum atomic E-state index is 3.97. The van der Waals surface area contributed by atoms with Crippen LogP contribution in [0.25, 0.3) is 0 Å². The van der Waals surface area contributed by atoms with E-state index in [2.05, 4.69) is 25.7 Å². The molecule has 70 valence electrons. The first-order valence-electron chi connectivity index (χ1n) is 5.10. The Bertz CT molecular complexity index is 151. The van der Waals surface area contributed by atoms with E-state index >= 15 is 0 Å². The fraction of sp³-hybridized carbons (Fsp3) is 0.818. The molecule has 1 rings (SSSR count). The van der Waals surface area contributed by atoms with Crippen molar-refractivity contribution in [2.45, 2.75) is 45.6 Å². The molecule has 2 atom stereocenters. The molecule has 0 aromatic carbocycles. The Morgan fingerprint density at radius 3 is 2.83 bits per heavy atom. The molecular formula is C11H21N. The summed E-state index contributed by atoms with van der Waals surface area (Å²) < 4.78 is 0. The topological polar surface area (TPSA) is 12.0 Å². The van der Waals surface area contributed by atoms with Crippen molar-refractivity contribution in [1.82, 2.24) is 5.32 Å². The average molecular weight is 167 g/mol. The zero-order chi connectivity index (χ0) is 8.97. The Morgan fingerprint density at radius 1 is 1.50 bits per heavy atom. The first-order chi connectivity index (χ1) is 5.72. The van der Waals surface area contributed by atoms with Crippen LogP contribution in [-0.2, 0) is 0 Å². The second-order valence-electron chi connectivity index (χ2n) is 4.09. The predicted molar refractivity (Wildman–Crippen MR) is 54.2 cm³/mol. The van der Waals surface area contributed by atoms with Gasteiger partial charge in [0.25, 0.3) is 0 Å². The zero-order valence-electron chi connectivity index (χ0n) is 8.40. The van der Waals surface area contributed by atoms with E-state index in [-0.39, 0.29) is 0 Å². The molecule has 0 radical (unpaired) electrons. The van der Waals surface area contributed by atoms with Crippen molar-refractivity contribution in [1.29, 1.82) is 0 Å². The van der Waals surface area contributed by atoms with Gasteiger partial charge in [-0.15, -0.1) is 6.58 Å². The lowest BCUT2D eigenvalue weighted by Crippen LogP contribution is -2.25. The van der Waals surface area contributed by atoms with Crippen LogP contribution in [0.3, 0.4) is 0 Å². The molecule has 0 spiro atoms. The number of hydrogen-bond donors (Lipinski definition) is 1. The highest BCUT2D eigenvalue weighted by atomic mass is 14.9. The van der Waals surface area contributed by atoms with E-state index in [1.807, 2.05) is 0 Å². The van der Waals surface area contributed by atoms with Gasteiger partial charge in [-0.05, 0) is 45.1 Å². The lowest BCUT2D eigenvalue weighted by molar-refractivity contribution is 0.493. The van der Waals surface area contributed by atoms with Gasteiger partial charge in [-0.1, -0.05) is 12.5 Å². The molecular weight excluding hydrogens is 146 g/mol. The molecule has 0 bridgehead atoms. The van der Waals surface area contributed by atoms with Crippen LogP contribution in [0.1, 0.15) is 39.5 Å². The third-order valence-electron chi connectivity index (χ3n) is 2.67. The largest absolute Gasteiger partial charge is 0.314 e. The SMILES string of the molecule is C=C(C)CC1CCC(NCC)C1. The Balaban J connectivity index is 2.21. The number of hydrogen-bond acceptors (Lipinski definition) is 1. The van der Waals surface area contributed by atoms with Crippen LogP contribution in [-0.4, -0.2) is 12.6 Å². The van der Waals surface area contributed by atoms with Crippen LogP contribution >= 0.6 is 0 Å². The number of allylic oxidation sites excluding steroid dienone is 1. The molecule has 1 saturated carbocycles. The van der Waals surface area contributed by atoms with Crippen LogP contribution in [0.5, 0.6) is 0 Å². The monoisotopic (exact) mass is 167 g/mol. The Kier molecular flexibility index (Phi) is 3.80. The van der Waals surface area contributed by atoms with Gasteiger partial charge in [-0.3, -0.25) is 0 Å². The van der Waals surface area contributed by atoms with E-state index in [1.54, 1.807) is 0 Å². The van der Waals surface area contributed by atoms with E-state index in [1.165, 1.54) is 31.3 Å². The van der Waals surface area contributed by atoms with E-state index in [0.29, 0.717) is 0 Å². The summed E-state index contributed by atoms with van der Waals surface area (Å²) in [5.41, 5.74) is 1.34. The highest BCUT2D eigenvalue weighted by molar-refractivity contribution is 4.93. The molecule has 0 aromatic rings. The molecule has 0 saturated heterocycles. The summed E-state index contributed by atoms with van der Waals surface area (Å²) in [7, 11) is 0. The van der Waals surface area contributed by atoms with Gasteiger partial charge in [0, 0.05) is 6.04 Å². The molecule has 1 aliphatic rings. The molecule has 2 unspecified atom stereocenters. The molecule has 1 nitrogen and oxygen atoms in total. The molecule has 0 aromatic heterocycles. The summed E-state index contributed by atoms with van der Waals surface area (Å²) in [5, 5.41) is 3.52. The van der Waals surface area contributed by atoms with E-state index in [4.69, 9.17) is 0 Å². The number of rotatable bonds is 4. The molecule has 12 heavy (non-hydrogen) atoms. The van der Waals surface area contributed by atoms with Crippen molar-refractivity contribution in [3.05, 3.63) is 12.2 Å². The van der Waals surface area contributed by atoms with Crippen molar-refractivity contribution in [3.8, 4) is 0 Å². The minimum Gasteiger partial charge on any atom is -0.314 e. The fourth-order valence-corrected chi connectivity index (χ4v) is 2.23. The molecule has 1 fully saturated rings. The molecule has 1 aliphatic carbocycles. The standard InChI is InChI=1S/C11H21N/c1-4-12-11-6-5-10(8-11)7-9(2)3/h10-12H,2,4-8H2,1,3H3. The maximum Gasteiger partial charge on any atom is 0.00698 e. The van der Waals surface area contributed by atoms with Gasteiger partial charge >= 0.3 is 0 Å². The van der Waals surface area contributed by atoms with Crippen molar-refractivity contribution in [2.24, 2.45) is 5.92 Å². The summed E-state index contributed by atoms with van der Waals surface area (Å²) >= 11 is 0. The Labute approximate surface area is 76.2 Å². The van der Waals surface area contributed by atoms with Crippen molar-refractivity contribution in [2.75, 3.05) is 6.54 Å². The van der Waals surface area contributed by atoms with E-state index in [0.717, 1.165) is 18.5 Å². The maximum absolute atomic E-state index is 3.97. The summed E-state index contributed by atoms with van der Waals surface area (Å²) in [6.45, 7) is 9.41. The Morgan fingerprint density at radius 2 is 2.25 bits per heavy atom. The minimum absolute atomic E-state index is 0.791. The van der Waals surface area contributed by atoms with Gasteiger partial charge in [-0.2, -0.15) is 0 Å². The van der Waals surface area contributed by atoms with E-state index < -0.39 is 0 Å². The normalized spacial score (nSPS) is 29.2. The first kappa shape index (κ1) is 9.79. The minimum atomic E-state index is 0.791. The molecule has 0 amide bonds. The van der Waals surface area contributed by atoms with Crippen LogP contribution < -0.4 is 5.32 Å². The van der Waals surface area contributed by atoms with Gasteiger partial charge in [0.1, 0.15) is 0 Å². The van der Waals surface area contributed by atoms with Crippen LogP contribution in [0.15, 0.2) is 12.2 Å². The lowest BCUT2D eigenvalue weighted by atomic mass is 10.00. The van der Waals surface area contributed by atoms with Crippen LogP contribution in [0.4, 0.5) is 0 Å². The van der Waals surface area contributed by atoms with Gasteiger partial charge in [0.2, 0.25) is 0 Å². The highest BCUT2D eigenvalue weighted by Gasteiger charge is 2.23. The fourth-order valence-electron chi connectivity index (χ4n) is 2.23. The lowest BCUT2D eigenvalue weighted by Gasteiger charge is -2.11. The predicted octanol–water partition coefficient (Wildman–Crippen LogP) is 2.73. The zero-order valence-corrected chi connectivity index (χ0v) is 8.40. The highest BCUT2D eigenvalue weighted by Crippen LogP contribution is 2.29. The van der Waals surface area contributed by atoms with Crippen LogP contribution in [0, 0.1) is 5.92 Å².